The Morgan fingerprint density at radius 1 is 1.28 bits per heavy atom. The van der Waals surface area contributed by atoms with Crippen molar-refractivity contribution in [2.45, 2.75) is 6.61 Å². The van der Waals surface area contributed by atoms with E-state index in [0.717, 1.165) is 11.1 Å². The first-order valence-corrected chi connectivity index (χ1v) is 8.16. The number of nitrogens with one attached hydrogen (secondary N) is 1. The predicted molar refractivity (Wildman–Crippen MR) is 99.2 cm³/mol. The number of nitrogens with zero attached hydrogens (tertiary/aromatic N) is 3. The second-order valence-electron chi connectivity index (χ2n) is 5.04. The van der Waals surface area contributed by atoms with Gasteiger partial charge in [-0.05, 0) is 42.0 Å². The van der Waals surface area contributed by atoms with Gasteiger partial charge in [-0.2, -0.15) is 14.9 Å². The maximum Gasteiger partial charge on any atom is 0.216 e. The third-order valence-corrected chi connectivity index (χ3v) is 4.04. The van der Waals surface area contributed by atoms with Crippen molar-refractivity contribution in [1.82, 2.24) is 14.9 Å². The molecule has 0 bridgehead atoms. The molecule has 0 amide bonds. The van der Waals surface area contributed by atoms with Crippen LogP contribution in [0.3, 0.4) is 0 Å². The number of hydrogen-bond acceptors (Lipinski definition) is 5. The van der Waals surface area contributed by atoms with E-state index < -0.39 is 0 Å². The van der Waals surface area contributed by atoms with Gasteiger partial charge in [0.2, 0.25) is 4.77 Å². The van der Waals surface area contributed by atoms with Crippen LogP contribution in [0, 0.1) is 4.77 Å². The van der Waals surface area contributed by atoms with Gasteiger partial charge < -0.3 is 9.47 Å². The summed E-state index contributed by atoms with van der Waals surface area (Å²) in [7, 11) is 1.59. The van der Waals surface area contributed by atoms with E-state index in [1.54, 1.807) is 13.3 Å². The summed E-state index contributed by atoms with van der Waals surface area (Å²) in [6.45, 7) is 0.355. The number of H-pyrrole nitrogens is 1. The van der Waals surface area contributed by atoms with E-state index in [-0.39, 0.29) is 0 Å². The van der Waals surface area contributed by atoms with Crippen LogP contribution >= 0.6 is 23.8 Å². The van der Waals surface area contributed by atoms with Crippen molar-refractivity contribution in [3.63, 3.8) is 0 Å². The van der Waals surface area contributed by atoms with Crippen molar-refractivity contribution in [3.8, 4) is 11.5 Å². The Morgan fingerprint density at radius 3 is 2.84 bits per heavy atom. The molecule has 0 radical (unpaired) electrons. The molecule has 0 aliphatic rings. The quantitative estimate of drug-likeness (QED) is 0.522. The second-order valence-corrected chi connectivity index (χ2v) is 5.83. The van der Waals surface area contributed by atoms with Crippen molar-refractivity contribution in [2.75, 3.05) is 7.11 Å². The lowest BCUT2D eigenvalue weighted by atomic mass is 10.2. The van der Waals surface area contributed by atoms with Crippen LogP contribution in [0.2, 0.25) is 5.02 Å². The highest BCUT2D eigenvalue weighted by Crippen LogP contribution is 2.29. The molecular weight excluding hydrogens is 360 g/mol. The first-order chi connectivity index (χ1) is 12.2. The fraction of sp³-hybridized carbons (Fsp3) is 0.118. The van der Waals surface area contributed by atoms with Crippen LogP contribution in [0.4, 0.5) is 0 Å². The van der Waals surface area contributed by atoms with Crippen LogP contribution in [-0.2, 0) is 6.61 Å². The second kappa shape index (κ2) is 7.96. The zero-order valence-electron chi connectivity index (χ0n) is 13.3. The molecule has 0 aliphatic heterocycles. The Hall–Kier alpha value is -2.64. The van der Waals surface area contributed by atoms with Crippen molar-refractivity contribution in [1.29, 1.82) is 0 Å². The normalized spacial score (nSPS) is 11.0. The molecule has 3 aromatic rings. The minimum absolute atomic E-state index is 0.355. The SMILES string of the molecule is COc1cc(/C=N\n2cn[nH]c2=S)ccc1OCc1ccccc1Cl. The minimum atomic E-state index is 0.355. The van der Waals surface area contributed by atoms with Crippen molar-refractivity contribution >= 4 is 30.0 Å². The van der Waals surface area contributed by atoms with Crippen LogP contribution in [0.25, 0.3) is 0 Å². The number of halogens is 1. The lowest BCUT2D eigenvalue weighted by molar-refractivity contribution is 0.284. The lowest BCUT2D eigenvalue weighted by Gasteiger charge is -2.12. The van der Waals surface area contributed by atoms with Gasteiger partial charge in [-0.3, -0.25) is 5.10 Å². The Labute approximate surface area is 154 Å². The molecule has 0 saturated heterocycles. The highest BCUT2D eigenvalue weighted by Gasteiger charge is 2.07. The van der Waals surface area contributed by atoms with E-state index in [0.29, 0.717) is 27.9 Å². The first-order valence-electron chi connectivity index (χ1n) is 7.38. The maximum atomic E-state index is 6.15. The van der Waals surface area contributed by atoms with Gasteiger partial charge in [0.05, 0.1) is 13.3 Å². The Morgan fingerprint density at radius 2 is 2.12 bits per heavy atom. The Balaban J connectivity index is 1.75. The van der Waals surface area contributed by atoms with Gasteiger partial charge in [-0.25, -0.2) is 0 Å². The lowest BCUT2D eigenvalue weighted by Crippen LogP contribution is -1.99. The smallest absolute Gasteiger partial charge is 0.216 e. The van der Waals surface area contributed by atoms with Crippen LogP contribution in [0.1, 0.15) is 11.1 Å². The molecular formula is C17H15ClN4O2S. The summed E-state index contributed by atoms with van der Waals surface area (Å²) in [5.74, 6) is 1.23. The largest absolute Gasteiger partial charge is 0.493 e. The van der Waals surface area contributed by atoms with E-state index in [4.69, 9.17) is 33.3 Å². The summed E-state index contributed by atoms with van der Waals surface area (Å²) in [5, 5.41) is 11.3. The van der Waals surface area contributed by atoms with E-state index in [9.17, 15) is 0 Å². The van der Waals surface area contributed by atoms with Gasteiger partial charge in [-0.15, -0.1) is 0 Å². The third kappa shape index (κ3) is 4.26. The average Bonchev–Trinajstić information content (AvgIpc) is 3.04. The molecule has 0 atom stereocenters. The molecule has 128 valence electrons. The van der Waals surface area contributed by atoms with Crippen molar-refractivity contribution < 1.29 is 9.47 Å². The van der Waals surface area contributed by atoms with Gasteiger partial charge in [0.15, 0.2) is 11.5 Å². The predicted octanol–water partition coefficient (Wildman–Crippen LogP) is 4.06. The van der Waals surface area contributed by atoms with Gasteiger partial charge in [-0.1, -0.05) is 29.8 Å². The summed E-state index contributed by atoms with van der Waals surface area (Å²) in [4.78, 5) is 0. The van der Waals surface area contributed by atoms with Crippen LogP contribution in [-0.4, -0.2) is 28.2 Å². The van der Waals surface area contributed by atoms with Crippen molar-refractivity contribution in [3.05, 3.63) is 69.7 Å². The number of aromatic nitrogens is 3. The zero-order chi connectivity index (χ0) is 17.6. The standard InChI is InChI=1S/C17H15ClN4O2S/c1-23-16-8-12(9-20-22-11-19-21-17(22)25)6-7-15(16)24-10-13-4-2-3-5-14(13)18/h2-9,11H,10H2,1H3,(H,21,25)/b20-9-. The van der Waals surface area contributed by atoms with Gasteiger partial charge in [0.25, 0.3) is 0 Å². The monoisotopic (exact) mass is 374 g/mol. The number of aromatic amines is 1. The van der Waals surface area contributed by atoms with Crippen LogP contribution < -0.4 is 9.47 Å². The Bertz CT molecular complexity index is 952. The maximum absolute atomic E-state index is 6.15. The number of hydrogen-bond donors (Lipinski definition) is 1. The summed E-state index contributed by atoms with van der Waals surface area (Å²) in [6, 6.07) is 13.1. The average molecular weight is 375 g/mol. The van der Waals surface area contributed by atoms with E-state index in [1.807, 2.05) is 42.5 Å². The van der Waals surface area contributed by atoms with Gasteiger partial charge in [0, 0.05) is 10.6 Å². The number of benzene rings is 2. The summed E-state index contributed by atoms with van der Waals surface area (Å²) < 4.78 is 13.1. The van der Waals surface area contributed by atoms with Crippen LogP contribution in [0.5, 0.6) is 11.5 Å². The topological polar surface area (TPSA) is 64.4 Å². The Kier molecular flexibility index (Phi) is 5.47. The molecule has 1 aromatic heterocycles. The number of ether oxygens (including phenoxy) is 2. The summed E-state index contributed by atoms with van der Waals surface area (Å²) >= 11 is 11.2. The van der Waals surface area contributed by atoms with Crippen LogP contribution in [0.15, 0.2) is 53.9 Å². The zero-order valence-corrected chi connectivity index (χ0v) is 14.9. The molecule has 0 unspecified atom stereocenters. The third-order valence-electron chi connectivity index (χ3n) is 3.40. The van der Waals surface area contributed by atoms with Gasteiger partial charge in [0.1, 0.15) is 12.9 Å². The molecule has 25 heavy (non-hydrogen) atoms. The van der Waals surface area contributed by atoms with E-state index >= 15 is 0 Å². The molecule has 0 spiro atoms. The van der Waals surface area contributed by atoms with E-state index in [2.05, 4.69) is 15.3 Å². The molecule has 0 fully saturated rings. The highest BCUT2D eigenvalue weighted by molar-refractivity contribution is 7.71. The number of rotatable bonds is 6. The first kappa shape index (κ1) is 17.2. The molecule has 0 saturated carbocycles. The minimum Gasteiger partial charge on any atom is -0.493 e. The molecule has 0 aliphatic carbocycles. The van der Waals surface area contributed by atoms with E-state index in [1.165, 1.54) is 11.0 Å². The molecule has 6 nitrogen and oxygen atoms in total. The molecule has 1 N–H and O–H groups in total. The molecule has 1 heterocycles. The van der Waals surface area contributed by atoms with Crippen molar-refractivity contribution in [2.24, 2.45) is 5.10 Å². The summed E-state index contributed by atoms with van der Waals surface area (Å²) in [5.41, 5.74) is 1.75. The summed E-state index contributed by atoms with van der Waals surface area (Å²) in [6.07, 6.45) is 3.16. The molecule has 8 heteroatoms. The molecule has 3 rings (SSSR count). The number of methoxy groups -OCH3 is 1. The fourth-order valence-corrected chi connectivity index (χ4v) is 2.45. The highest BCUT2D eigenvalue weighted by atomic mass is 35.5. The molecule has 2 aromatic carbocycles. The van der Waals surface area contributed by atoms with Gasteiger partial charge >= 0.3 is 0 Å². The fourth-order valence-electron chi connectivity index (χ4n) is 2.11.